The van der Waals surface area contributed by atoms with Crippen molar-refractivity contribution in [2.75, 3.05) is 6.61 Å². The third kappa shape index (κ3) is 4.74. The number of rotatable bonds is 6. The Labute approximate surface area is 120 Å². The summed E-state index contributed by atoms with van der Waals surface area (Å²) in [5.41, 5.74) is 2.31. The van der Waals surface area contributed by atoms with E-state index in [4.69, 9.17) is 21.4 Å². The summed E-state index contributed by atoms with van der Waals surface area (Å²) in [6.07, 6.45) is 2.26. The first-order chi connectivity index (χ1) is 9.43. The first kappa shape index (κ1) is 15.7. The molecule has 0 spiro atoms. The molecular weight excluding hydrogens is 286 g/mol. The SMILES string of the molecule is C/C(=C/Cl)COc1cc(/C=C/C(=O)O)ccc1[N+](=O)[O-]. The zero-order valence-corrected chi connectivity index (χ0v) is 11.3. The zero-order valence-electron chi connectivity index (χ0n) is 10.6. The van der Waals surface area contributed by atoms with Crippen molar-refractivity contribution in [3.05, 3.63) is 51.1 Å². The Balaban J connectivity index is 3.05. The second kappa shape index (κ2) is 7.30. The number of carboxylic acid groups (broad SMARTS) is 1. The monoisotopic (exact) mass is 297 g/mol. The second-order valence-electron chi connectivity index (χ2n) is 3.90. The molecule has 0 unspecified atom stereocenters. The summed E-state index contributed by atoms with van der Waals surface area (Å²) >= 11 is 5.48. The largest absolute Gasteiger partial charge is 0.482 e. The molecule has 7 heteroatoms. The molecule has 0 amide bonds. The van der Waals surface area contributed by atoms with Gasteiger partial charge < -0.3 is 9.84 Å². The molecule has 6 nitrogen and oxygen atoms in total. The van der Waals surface area contributed by atoms with Gasteiger partial charge >= 0.3 is 11.7 Å². The van der Waals surface area contributed by atoms with Gasteiger partial charge in [0.2, 0.25) is 0 Å². The van der Waals surface area contributed by atoms with Crippen molar-refractivity contribution in [3.63, 3.8) is 0 Å². The van der Waals surface area contributed by atoms with Crippen molar-refractivity contribution in [3.8, 4) is 5.75 Å². The molecule has 20 heavy (non-hydrogen) atoms. The predicted molar refractivity (Wildman–Crippen MR) is 74.9 cm³/mol. The molecule has 0 saturated carbocycles. The number of benzene rings is 1. The van der Waals surface area contributed by atoms with Crippen LogP contribution < -0.4 is 4.74 Å². The number of halogens is 1. The van der Waals surface area contributed by atoms with E-state index in [1.165, 1.54) is 29.8 Å². The number of ether oxygens (including phenoxy) is 1. The second-order valence-corrected chi connectivity index (χ2v) is 4.12. The average Bonchev–Trinajstić information content (AvgIpc) is 2.42. The average molecular weight is 298 g/mol. The molecule has 0 atom stereocenters. The number of carboxylic acids is 1. The first-order valence-corrected chi connectivity index (χ1v) is 5.95. The van der Waals surface area contributed by atoms with E-state index >= 15 is 0 Å². The van der Waals surface area contributed by atoms with Crippen LogP contribution in [0.3, 0.4) is 0 Å². The van der Waals surface area contributed by atoms with Crippen molar-refractivity contribution in [2.24, 2.45) is 0 Å². The van der Waals surface area contributed by atoms with E-state index in [1.807, 2.05) is 0 Å². The van der Waals surface area contributed by atoms with Crippen LogP contribution in [-0.4, -0.2) is 22.6 Å². The molecule has 0 aliphatic rings. The molecule has 0 aliphatic heterocycles. The summed E-state index contributed by atoms with van der Waals surface area (Å²) in [6, 6.07) is 4.10. The lowest BCUT2D eigenvalue weighted by molar-refractivity contribution is -0.385. The molecule has 0 aliphatic carbocycles. The smallest absolute Gasteiger partial charge is 0.328 e. The molecular formula is C13H12ClNO5. The van der Waals surface area contributed by atoms with Gasteiger partial charge in [0.25, 0.3) is 0 Å². The Hall–Kier alpha value is -2.34. The van der Waals surface area contributed by atoms with Crippen LogP contribution in [0, 0.1) is 10.1 Å². The van der Waals surface area contributed by atoms with E-state index in [9.17, 15) is 14.9 Å². The van der Waals surface area contributed by atoms with Crippen LogP contribution in [0.5, 0.6) is 5.75 Å². The summed E-state index contributed by atoms with van der Waals surface area (Å²) in [5.74, 6) is -1.05. The van der Waals surface area contributed by atoms with Crippen LogP contribution in [0.15, 0.2) is 35.4 Å². The van der Waals surface area contributed by atoms with Crippen molar-refractivity contribution < 1.29 is 19.6 Å². The Morgan fingerprint density at radius 2 is 2.25 bits per heavy atom. The van der Waals surface area contributed by atoms with E-state index in [2.05, 4.69) is 0 Å². The summed E-state index contributed by atoms with van der Waals surface area (Å²) in [4.78, 5) is 20.8. The Morgan fingerprint density at radius 1 is 1.55 bits per heavy atom. The fraction of sp³-hybridized carbons (Fsp3) is 0.154. The van der Waals surface area contributed by atoms with Crippen molar-refractivity contribution in [1.82, 2.24) is 0 Å². The fourth-order valence-corrected chi connectivity index (χ4v) is 1.35. The van der Waals surface area contributed by atoms with Crippen molar-refractivity contribution >= 4 is 29.3 Å². The van der Waals surface area contributed by atoms with Crippen LogP contribution >= 0.6 is 11.6 Å². The van der Waals surface area contributed by atoms with Gasteiger partial charge in [0.15, 0.2) is 5.75 Å². The minimum absolute atomic E-state index is 0.0559. The minimum atomic E-state index is -1.10. The van der Waals surface area contributed by atoms with Gasteiger partial charge in [-0.05, 0) is 36.3 Å². The topological polar surface area (TPSA) is 89.7 Å². The summed E-state index contributed by atoms with van der Waals surface area (Å²) in [5, 5.41) is 19.4. The van der Waals surface area contributed by atoms with Crippen molar-refractivity contribution in [1.29, 1.82) is 0 Å². The molecule has 0 aromatic heterocycles. The van der Waals surface area contributed by atoms with Gasteiger partial charge in [-0.25, -0.2) is 4.79 Å². The van der Waals surface area contributed by atoms with Gasteiger partial charge in [0.05, 0.1) is 4.92 Å². The predicted octanol–water partition coefficient (Wildman–Crippen LogP) is 3.21. The van der Waals surface area contributed by atoms with E-state index in [-0.39, 0.29) is 18.0 Å². The van der Waals surface area contributed by atoms with Gasteiger partial charge in [-0.2, -0.15) is 0 Å². The maximum atomic E-state index is 10.9. The van der Waals surface area contributed by atoms with E-state index < -0.39 is 10.9 Å². The van der Waals surface area contributed by atoms with Gasteiger partial charge in [-0.3, -0.25) is 10.1 Å². The highest BCUT2D eigenvalue weighted by Gasteiger charge is 2.15. The standard InChI is InChI=1S/C13H12ClNO5/c1-9(7-14)8-20-12-6-10(3-5-13(16)17)2-4-11(12)15(18)19/h2-7H,8H2,1H3,(H,16,17)/b5-3+,9-7-. The van der Waals surface area contributed by atoms with Gasteiger partial charge in [0.1, 0.15) is 6.61 Å². The Bertz CT molecular complexity index is 580. The molecule has 1 aromatic rings. The number of hydrogen-bond acceptors (Lipinski definition) is 4. The number of aliphatic carboxylic acids is 1. The maximum Gasteiger partial charge on any atom is 0.328 e. The Morgan fingerprint density at radius 3 is 2.80 bits per heavy atom. The lowest BCUT2D eigenvalue weighted by atomic mass is 10.1. The molecule has 1 rings (SSSR count). The molecule has 0 saturated heterocycles. The van der Waals surface area contributed by atoms with Gasteiger partial charge in [-0.1, -0.05) is 11.6 Å². The number of nitro groups is 1. The third-order valence-corrected chi connectivity index (χ3v) is 2.61. The van der Waals surface area contributed by atoms with E-state index in [1.54, 1.807) is 6.92 Å². The molecule has 0 bridgehead atoms. The third-order valence-electron chi connectivity index (χ3n) is 2.24. The maximum absolute atomic E-state index is 10.9. The number of hydrogen-bond donors (Lipinski definition) is 1. The highest BCUT2D eigenvalue weighted by atomic mass is 35.5. The summed E-state index contributed by atoms with van der Waals surface area (Å²) in [7, 11) is 0. The lowest BCUT2D eigenvalue weighted by Gasteiger charge is -2.07. The van der Waals surface area contributed by atoms with E-state index in [0.29, 0.717) is 11.1 Å². The summed E-state index contributed by atoms with van der Waals surface area (Å²) < 4.78 is 5.32. The molecule has 1 aromatic carbocycles. The number of nitro benzene ring substituents is 1. The molecule has 1 N–H and O–H groups in total. The van der Waals surface area contributed by atoms with Crippen LogP contribution in [0.25, 0.3) is 6.08 Å². The van der Waals surface area contributed by atoms with E-state index in [0.717, 1.165) is 6.08 Å². The fourth-order valence-electron chi connectivity index (χ4n) is 1.29. The minimum Gasteiger partial charge on any atom is -0.482 e. The lowest BCUT2D eigenvalue weighted by Crippen LogP contribution is -2.01. The van der Waals surface area contributed by atoms with Crippen LogP contribution in [-0.2, 0) is 4.79 Å². The molecule has 0 heterocycles. The van der Waals surface area contributed by atoms with Crippen LogP contribution in [0.4, 0.5) is 5.69 Å². The summed E-state index contributed by atoms with van der Waals surface area (Å²) in [6.45, 7) is 1.82. The first-order valence-electron chi connectivity index (χ1n) is 5.52. The normalized spacial score (nSPS) is 11.6. The van der Waals surface area contributed by atoms with Crippen LogP contribution in [0.2, 0.25) is 0 Å². The Kier molecular flexibility index (Phi) is 5.74. The van der Waals surface area contributed by atoms with Crippen LogP contribution in [0.1, 0.15) is 12.5 Å². The highest BCUT2D eigenvalue weighted by molar-refractivity contribution is 6.25. The zero-order chi connectivity index (χ0) is 15.1. The highest BCUT2D eigenvalue weighted by Crippen LogP contribution is 2.28. The number of carbonyl (C=O) groups is 1. The molecule has 0 fully saturated rings. The van der Waals surface area contributed by atoms with Gasteiger partial charge in [0, 0.05) is 17.7 Å². The van der Waals surface area contributed by atoms with Crippen molar-refractivity contribution in [2.45, 2.75) is 6.92 Å². The number of nitrogens with zero attached hydrogens (tertiary/aromatic N) is 1. The quantitative estimate of drug-likeness (QED) is 0.494. The molecule has 0 radical (unpaired) electrons. The van der Waals surface area contributed by atoms with Gasteiger partial charge in [-0.15, -0.1) is 0 Å². The molecule has 106 valence electrons.